The first-order valence-electron chi connectivity index (χ1n) is 10.2. The van der Waals surface area contributed by atoms with E-state index in [0.29, 0.717) is 6.42 Å². The van der Waals surface area contributed by atoms with E-state index in [9.17, 15) is 4.79 Å². The number of hydrogen-bond acceptors (Lipinski definition) is 6. The van der Waals surface area contributed by atoms with Crippen molar-refractivity contribution in [2.45, 2.75) is 45.4 Å². The van der Waals surface area contributed by atoms with E-state index in [1.807, 2.05) is 25.1 Å². The minimum Gasteiger partial charge on any atom is -0.497 e. The molecule has 6 nitrogen and oxygen atoms in total. The highest BCUT2D eigenvalue weighted by Gasteiger charge is 2.34. The highest BCUT2D eigenvalue weighted by atomic mass is 32.1. The Balaban J connectivity index is 1.61. The number of fused-ring (bicyclic) bond motifs is 2. The van der Waals surface area contributed by atoms with Crippen molar-refractivity contribution in [1.29, 1.82) is 0 Å². The van der Waals surface area contributed by atoms with Crippen molar-refractivity contribution in [2.75, 3.05) is 12.4 Å². The van der Waals surface area contributed by atoms with Gasteiger partial charge in [-0.1, -0.05) is 32.1 Å². The van der Waals surface area contributed by atoms with E-state index in [2.05, 4.69) is 38.2 Å². The summed E-state index contributed by atoms with van der Waals surface area (Å²) >= 11 is 3.32. The molecule has 0 saturated heterocycles. The molecule has 1 atom stereocenters. The predicted octanol–water partition coefficient (Wildman–Crippen LogP) is 5.63. The Morgan fingerprint density at radius 1 is 1.19 bits per heavy atom. The minimum atomic E-state index is 0.00661. The third kappa shape index (κ3) is 3.43. The average Bonchev–Trinajstić information content (AvgIpc) is 3.43. The fourth-order valence-electron chi connectivity index (χ4n) is 3.98. The number of amides is 1. The Morgan fingerprint density at radius 3 is 2.71 bits per heavy atom. The molecule has 1 amide bonds. The van der Waals surface area contributed by atoms with Gasteiger partial charge < -0.3 is 10.1 Å². The lowest BCUT2D eigenvalue weighted by molar-refractivity contribution is -0.116. The third-order valence-electron chi connectivity index (χ3n) is 5.58. The Morgan fingerprint density at radius 2 is 2.00 bits per heavy atom. The van der Waals surface area contributed by atoms with Crippen LogP contribution < -0.4 is 10.1 Å². The van der Waals surface area contributed by atoms with Crippen molar-refractivity contribution in [1.82, 2.24) is 14.8 Å². The zero-order chi connectivity index (χ0) is 21.9. The summed E-state index contributed by atoms with van der Waals surface area (Å²) in [4.78, 5) is 20.0. The first-order chi connectivity index (χ1) is 14.7. The predicted molar refractivity (Wildman–Crippen MR) is 126 cm³/mol. The molecule has 31 heavy (non-hydrogen) atoms. The van der Waals surface area contributed by atoms with E-state index >= 15 is 0 Å². The van der Waals surface area contributed by atoms with Gasteiger partial charge in [-0.2, -0.15) is 9.78 Å². The zero-order valence-corrected chi connectivity index (χ0v) is 19.8. The number of aryl methyl sites for hydroxylation is 1. The van der Waals surface area contributed by atoms with E-state index in [0.717, 1.165) is 38.2 Å². The molecular weight excluding hydrogens is 428 g/mol. The number of carbonyl (C=O) groups is 1. The number of nitrogens with zero attached hydrogens (tertiary/aromatic N) is 3. The van der Waals surface area contributed by atoms with Crippen molar-refractivity contribution in [3.8, 4) is 10.9 Å². The molecule has 1 N–H and O–H groups in total. The van der Waals surface area contributed by atoms with Crippen molar-refractivity contribution >= 4 is 44.6 Å². The summed E-state index contributed by atoms with van der Waals surface area (Å²) in [5, 5.41) is 8.58. The van der Waals surface area contributed by atoms with Crippen LogP contribution in [0.1, 0.15) is 54.1 Å². The Hall–Kier alpha value is -2.71. The van der Waals surface area contributed by atoms with Gasteiger partial charge in [0.05, 0.1) is 23.0 Å². The molecule has 0 bridgehead atoms. The first kappa shape index (κ1) is 20.2. The molecule has 0 unspecified atom stereocenters. The number of ether oxygens (including phenoxy) is 1. The number of hydrogen-bond donors (Lipinski definition) is 1. The number of anilines is 1. The number of carbonyl (C=O) groups excluding carboxylic acids is 1. The van der Waals surface area contributed by atoms with Crippen LogP contribution in [0.5, 0.6) is 5.75 Å². The molecular formula is C23H24N4O2S2. The summed E-state index contributed by atoms with van der Waals surface area (Å²) < 4.78 is 8.13. The van der Waals surface area contributed by atoms with Gasteiger partial charge in [-0.25, -0.2) is 4.98 Å². The largest absolute Gasteiger partial charge is 0.497 e. The minimum absolute atomic E-state index is 0.00661. The van der Waals surface area contributed by atoms with Crippen molar-refractivity contribution < 1.29 is 9.53 Å². The van der Waals surface area contributed by atoms with Gasteiger partial charge in [0.1, 0.15) is 11.6 Å². The van der Waals surface area contributed by atoms with Crippen LogP contribution in [0.25, 0.3) is 15.3 Å². The lowest BCUT2D eigenvalue weighted by atomic mass is 9.90. The molecule has 0 spiro atoms. The van der Waals surface area contributed by atoms with Gasteiger partial charge in [0.15, 0.2) is 0 Å². The lowest BCUT2D eigenvalue weighted by Crippen LogP contribution is -2.24. The Bertz CT molecular complexity index is 1310. The van der Waals surface area contributed by atoms with Crippen LogP contribution in [0.4, 0.5) is 5.82 Å². The molecule has 1 aromatic carbocycles. The van der Waals surface area contributed by atoms with Crippen molar-refractivity contribution in [3.05, 3.63) is 51.3 Å². The van der Waals surface area contributed by atoms with Gasteiger partial charge in [-0.3, -0.25) is 4.79 Å². The maximum Gasteiger partial charge on any atom is 0.226 e. The molecule has 0 saturated carbocycles. The molecule has 1 aliphatic rings. The van der Waals surface area contributed by atoms with Crippen molar-refractivity contribution in [2.24, 2.45) is 0 Å². The summed E-state index contributed by atoms with van der Waals surface area (Å²) in [6.45, 7) is 8.65. The standard InChI is InChI=1S/C23H24N4O2S2/c1-12-20-14(16-8-9-18(30-16)23(2,3)4)11-19(28)25-21(20)27(26-12)22-24-15-7-6-13(29-5)10-17(15)31-22/h6-10,14H,11H2,1-5H3,(H,25,28)/t14-/m1/s1. The number of aromatic nitrogens is 3. The highest BCUT2D eigenvalue weighted by Crippen LogP contribution is 2.44. The number of thiazole rings is 1. The van der Waals surface area contributed by atoms with Gasteiger partial charge in [0.25, 0.3) is 0 Å². The van der Waals surface area contributed by atoms with Gasteiger partial charge in [-0.15, -0.1) is 11.3 Å². The fraction of sp³-hybridized carbons (Fsp3) is 0.348. The van der Waals surface area contributed by atoms with Crippen LogP contribution >= 0.6 is 22.7 Å². The monoisotopic (exact) mass is 452 g/mol. The molecule has 0 aliphatic carbocycles. The molecule has 4 heterocycles. The summed E-state index contributed by atoms with van der Waals surface area (Å²) in [6, 6.07) is 10.2. The first-order valence-corrected chi connectivity index (χ1v) is 11.8. The number of methoxy groups -OCH3 is 1. The Labute approximate surface area is 188 Å². The molecule has 1 aliphatic heterocycles. The van der Waals surface area contributed by atoms with Crippen LogP contribution in [0.15, 0.2) is 30.3 Å². The van der Waals surface area contributed by atoms with Gasteiger partial charge in [-0.05, 0) is 42.7 Å². The van der Waals surface area contributed by atoms with Crippen LogP contribution in [0.2, 0.25) is 0 Å². The van der Waals surface area contributed by atoms with Crippen LogP contribution in [0, 0.1) is 6.92 Å². The molecule has 160 valence electrons. The van der Waals surface area contributed by atoms with Gasteiger partial charge in [0, 0.05) is 27.7 Å². The summed E-state index contributed by atoms with van der Waals surface area (Å²) in [6.07, 6.45) is 0.431. The zero-order valence-electron chi connectivity index (χ0n) is 18.1. The van der Waals surface area contributed by atoms with E-state index in [-0.39, 0.29) is 17.2 Å². The SMILES string of the molecule is COc1ccc2nc(-n3nc(C)c4c3NC(=O)C[C@@H]4c3ccc(C(C)(C)C)s3)sc2c1. The summed E-state index contributed by atoms with van der Waals surface area (Å²) in [5.41, 5.74) is 2.97. The topological polar surface area (TPSA) is 69.0 Å². The number of thiophene rings is 1. The van der Waals surface area contributed by atoms with Gasteiger partial charge >= 0.3 is 0 Å². The maximum atomic E-state index is 12.7. The Kier molecular flexibility index (Phi) is 4.67. The third-order valence-corrected chi connectivity index (χ3v) is 8.20. The molecule has 4 aromatic rings. The second-order valence-corrected chi connectivity index (χ2v) is 11.0. The van der Waals surface area contributed by atoms with Gasteiger partial charge in [0.2, 0.25) is 11.0 Å². The number of rotatable bonds is 3. The average molecular weight is 453 g/mol. The molecule has 5 rings (SSSR count). The van der Waals surface area contributed by atoms with Crippen LogP contribution in [-0.4, -0.2) is 27.8 Å². The molecule has 0 radical (unpaired) electrons. The maximum absolute atomic E-state index is 12.7. The number of benzene rings is 1. The van der Waals surface area contributed by atoms with E-state index in [4.69, 9.17) is 14.8 Å². The lowest BCUT2D eigenvalue weighted by Gasteiger charge is -2.23. The van der Waals surface area contributed by atoms with E-state index in [1.165, 1.54) is 21.1 Å². The quantitative estimate of drug-likeness (QED) is 0.437. The highest BCUT2D eigenvalue weighted by molar-refractivity contribution is 7.20. The summed E-state index contributed by atoms with van der Waals surface area (Å²) in [7, 11) is 1.65. The number of nitrogens with one attached hydrogen (secondary N) is 1. The van der Waals surface area contributed by atoms with Crippen LogP contribution in [0.3, 0.4) is 0 Å². The second kappa shape index (κ2) is 7.17. The van der Waals surface area contributed by atoms with Crippen LogP contribution in [-0.2, 0) is 10.2 Å². The fourth-order valence-corrected chi connectivity index (χ4v) is 6.11. The summed E-state index contributed by atoms with van der Waals surface area (Å²) in [5.74, 6) is 1.54. The normalized spacial score (nSPS) is 16.4. The molecule has 8 heteroatoms. The van der Waals surface area contributed by atoms with E-state index < -0.39 is 0 Å². The van der Waals surface area contributed by atoms with E-state index in [1.54, 1.807) is 23.1 Å². The second-order valence-electron chi connectivity index (χ2n) is 8.85. The molecule has 0 fully saturated rings. The molecule has 3 aromatic heterocycles. The van der Waals surface area contributed by atoms with Crippen molar-refractivity contribution in [3.63, 3.8) is 0 Å². The smallest absolute Gasteiger partial charge is 0.226 e.